The normalized spacial score (nSPS) is 15.8. The molecule has 0 radical (unpaired) electrons. The van der Waals surface area contributed by atoms with Crippen molar-refractivity contribution in [3.8, 4) is 0 Å². The monoisotopic (exact) mass is 468 g/mol. The lowest BCUT2D eigenvalue weighted by Gasteiger charge is -2.16. The molecule has 0 heterocycles. The van der Waals surface area contributed by atoms with Crippen LogP contribution in [0.15, 0.2) is 0 Å². The van der Waals surface area contributed by atoms with Crippen LogP contribution in [0.2, 0.25) is 0 Å². The highest BCUT2D eigenvalue weighted by Crippen LogP contribution is 2.10. The zero-order valence-electron chi connectivity index (χ0n) is 10.2. The molecule has 0 amide bonds. The standard InChI is InChI=1S/C11H18I2O4/c1-4-8(12)10(14)16-6-7(3)17-11(15)9(13)5-2/h7-9H,4-6H2,1-3H3. The Bertz CT molecular complexity index is 258. The molecule has 6 heteroatoms. The quantitative estimate of drug-likeness (QED) is 0.328. The summed E-state index contributed by atoms with van der Waals surface area (Å²) in [4.78, 5) is 22.8. The molecule has 0 saturated carbocycles. The van der Waals surface area contributed by atoms with Crippen LogP contribution in [0.5, 0.6) is 0 Å². The molecule has 4 nitrogen and oxygen atoms in total. The summed E-state index contributed by atoms with van der Waals surface area (Å²) >= 11 is 4.08. The summed E-state index contributed by atoms with van der Waals surface area (Å²) in [6, 6.07) is 0. The summed E-state index contributed by atoms with van der Waals surface area (Å²) in [5.74, 6) is -0.504. The highest BCUT2D eigenvalue weighted by atomic mass is 127. The van der Waals surface area contributed by atoms with Gasteiger partial charge in [0.15, 0.2) is 0 Å². The summed E-state index contributed by atoms with van der Waals surface area (Å²) in [5, 5.41) is 0. The number of carbonyl (C=O) groups is 2. The second kappa shape index (κ2) is 9.35. The fraction of sp³-hybridized carbons (Fsp3) is 0.818. The maximum atomic E-state index is 11.4. The number of rotatable bonds is 7. The molecule has 0 bridgehead atoms. The average molecular weight is 468 g/mol. The summed E-state index contributed by atoms with van der Waals surface area (Å²) < 4.78 is 9.91. The molecular formula is C11H18I2O4. The van der Waals surface area contributed by atoms with Crippen molar-refractivity contribution < 1.29 is 19.1 Å². The molecule has 3 unspecified atom stereocenters. The zero-order chi connectivity index (χ0) is 13.4. The topological polar surface area (TPSA) is 52.6 Å². The van der Waals surface area contributed by atoms with E-state index in [4.69, 9.17) is 9.47 Å². The molecule has 3 atom stereocenters. The largest absolute Gasteiger partial charge is 0.461 e. The van der Waals surface area contributed by atoms with Crippen LogP contribution in [0.1, 0.15) is 33.6 Å². The van der Waals surface area contributed by atoms with Crippen LogP contribution in [0.25, 0.3) is 0 Å². The van der Waals surface area contributed by atoms with E-state index in [9.17, 15) is 9.59 Å². The Kier molecular flexibility index (Phi) is 9.57. The first-order chi connectivity index (χ1) is 7.92. The molecule has 100 valence electrons. The number of halogens is 2. The van der Waals surface area contributed by atoms with Gasteiger partial charge in [-0.1, -0.05) is 59.0 Å². The van der Waals surface area contributed by atoms with Gasteiger partial charge in [0, 0.05) is 0 Å². The smallest absolute Gasteiger partial charge is 0.319 e. The molecule has 0 aromatic heterocycles. The fourth-order valence-corrected chi connectivity index (χ4v) is 1.26. The summed E-state index contributed by atoms with van der Waals surface area (Å²) in [6.45, 7) is 5.68. The van der Waals surface area contributed by atoms with Crippen LogP contribution in [-0.4, -0.2) is 32.5 Å². The molecule has 0 aromatic rings. The van der Waals surface area contributed by atoms with Gasteiger partial charge < -0.3 is 9.47 Å². The third-order valence-corrected chi connectivity index (χ3v) is 4.78. The van der Waals surface area contributed by atoms with Gasteiger partial charge in [0.25, 0.3) is 0 Å². The highest BCUT2D eigenvalue weighted by Gasteiger charge is 2.19. The number of ether oxygens (including phenoxy) is 2. The molecule has 0 aliphatic rings. The van der Waals surface area contributed by atoms with Gasteiger partial charge in [-0.15, -0.1) is 0 Å². The van der Waals surface area contributed by atoms with E-state index in [1.54, 1.807) is 6.92 Å². The number of alkyl halides is 2. The maximum absolute atomic E-state index is 11.4. The van der Waals surface area contributed by atoms with E-state index in [-0.39, 0.29) is 26.4 Å². The molecule has 0 fully saturated rings. The number of hydrogen-bond donors (Lipinski definition) is 0. The van der Waals surface area contributed by atoms with E-state index in [0.717, 1.165) is 12.8 Å². The zero-order valence-corrected chi connectivity index (χ0v) is 14.6. The summed E-state index contributed by atoms with van der Waals surface area (Å²) in [7, 11) is 0. The van der Waals surface area contributed by atoms with Crippen molar-refractivity contribution in [3.05, 3.63) is 0 Å². The fourth-order valence-electron chi connectivity index (χ4n) is 0.929. The maximum Gasteiger partial charge on any atom is 0.319 e. The molecule has 0 aromatic carbocycles. The summed E-state index contributed by atoms with van der Waals surface area (Å²) in [6.07, 6.45) is 1.08. The van der Waals surface area contributed by atoms with Gasteiger partial charge in [-0.3, -0.25) is 9.59 Å². The Morgan fingerprint density at radius 1 is 1.06 bits per heavy atom. The Balaban J connectivity index is 3.91. The predicted octanol–water partition coefficient (Wildman–Crippen LogP) is 2.89. The second-order valence-corrected chi connectivity index (χ2v) is 6.64. The minimum Gasteiger partial charge on any atom is -0.461 e. The van der Waals surface area contributed by atoms with Crippen LogP contribution in [0, 0.1) is 0 Å². The molecule has 0 N–H and O–H groups in total. The van der Waals surface area contributed by atoms with Crippen molar-refractivity contribution >= 4 is 57.1 Å². The van der Waals surface area contributed by atoms with Gasteiger partial charge in [-0.25, -0.2) is 0 Å². The lowest BCUT2D eigenvalue weighted by atomic mass is 10.3. The highest BCUT2D eigenvalue weighted by molar-refractivity contribution is 14.1. The second-order valence-electron chi connectivity index (χ2n) is 3.63. The first-order valence-electron chi connectivity index (χ1n) is 5.57. The molecule has 0 saturated heterocycles. The van der Waals surface area contributed by atoms with Gasteiger partial charge in [0.05, 0.1) is 0 Å². The first kappa shape index (κ1) is 17.4. The van der Waals surface area contributed by atoms with E-state index in [2.05, 4.69) is 0 Å². The van der Waals surface area contributed by atoms with Gasteiger partial charge in [-0.05, 0) is 19.8 Å². The van der Waals surface area contributed by atoms with Crippen molar-refractivity contribution in [2.24, 2.45) is 0 Å². The van der Waals surface area contributed by atoms with Crippen molar-refractivity contribution in [2.75, 3.05) is 6.61 Å². The van der Waals surface area contributed by atoms with Crippen LogP contribution < -0.4 is 0 Å². The predicted molar refractivity (Wildman–Crippen MR) is 82.7 cm³/mol. The molecular weight excluding hydrogens is 450 g/mol. The van der Waals surface area contributed by atoms with Crippen molar-refractivity contribution in [1.82, 2.24) is 0 Å². The Hall–Kier alpha value is 0.400. The summed E-state index contributed by atoms with van der Waals surface area (Å²) in [5.41, 5.74) is 0. The lowest BCUT2D eigenvalue weighted by Crippen LogP contribution is -2.28. The average Bonchev–Trinajstić information content (AvgIpc) is 2.33. The van der Waals surface area contributed by atoms with E-state index >= 15 is 0 Å². The van der Waals surface area contributed by atoms with Crippen LogP contribution in [0.3, 0.4) is 0 Å². The first-order valence-corrected chi connectivity index (χ1v) is 8.06. The number of esters is 2. The Labute approximate surface area is 129 Å². The number of hydrogen-bond acceptors (Lipinski definition) is 4. The molecule has 0 aliphatic heterocycles. The molecule has 0 aliphatic carbocycles. The van der Waals surface area contributed by atoms with Crippen LogP contribution in [0.4, 0.5) is 0 Å². The van der Waals surface area contributed by atoms with Gasteiger partial charge in [0.2, 0.25) is 0 Å². The Morgan fingerprint density at radius 2 is 1.53 bits per heavy atom. The lowest BCUT2D eigenvalue weighted by molar-refractivity contribution is -0.156. The van der Waals surface area contributed by atoms with E-state index in [0.29, 0.717) is 0 Å². The Morgan fingerprint density at radius 3 is 2.00 bits per heavy atom. The van der Waals surface area contributed by atoms with E-state index in [1.807, 2.05) is 59.0 Å². The van der Waals surface area contributed by atoms with Crippen molar-refractivity contribution in [2.45, 2.75) is 47.6 Å². The minimum absolute atomic E-state index is 0.122. The van der Waals surface area contributed by atoms with Crippen LogP contribution in [-0.2, 0) is 19.1 Å². The third-order valence-electron chi connectivity index (χ3n) is 2.01. The number of carbonyl (C=O) groups excluding carboxylic acids is 2. The molecule has 0 spiro atoms. The van der Waals surface area contributed by atoms with E-state index in [1.165, 1.54) is 0 Å². The van der Waals surface area contributed by atoms with E-state index < -0.39 is 6.10 Å². The van der Waals surface area contributed by atoms with Crippen molar-refractivity contribution in [3.63, 3.8) is 0 Å². The minimum atomic E-state index is -0.393. The molecule has 17 heavy (non-hydrogen) atoms. The SMILES string of the molecule is CCC(I)C(=O)OCC(C)OC(=O)C(I)CC. The van der Waals surface area contributed by atoms with Crippen LogP contribution >= 0.6 is 45.2 Å². The van der Waals surface area contributed by atoms with Crippen molar-refractivity contribution in [1.29, 1.82) is 0 Å². The van der Waals surface area contributed by atoms with Gasteiger partial charge in [-0.2, -0.15) is 0 Å². The van der Waals surface area contributed by atoms with Gasteiger partial charge in [0.1, 0.15) is 20.6 Å². The molecule has 0 rings (SSSR count). The van der Waals surface area contributed by atoms with Gasteiger partial charge >= 0.3 is 11.9 Å². The third kappa shape index (κ3) is 7.43.